The minimum absolute atomic E-state index is 0.0137. The molecule has 0 saturated carbocycles. The molecule has 0 spiro atoms. The van der Waals surface area contributed by atoms with Gasteiger partial charge in [0.05, 0.1) is 19.4 Å². The van der Waals surface area contributed by atoms with Crippen molar-refractivity contribution < 1.29 is 18.7 Å². The molecule has 0 fully saturated rings. The third-order valence-electron chi connectivity index (χ3n) is 2.96. The summed E-state index contributed by atoms with van der Waals surface area (Å²) < 4.78 is 23.3. The molecule has 1 rings (SSSR count). The number of aliphatic hydroxyl groups excluding tert-OH is 1. The summed E-state index contributed by atoms with van der Waals surface area (Å²) in [5.74, 6) is 0.0137. The Hall–Kier alpha value is -0.740. The van der Waals surface area contributed by atoms with Crippen LogP contribution in [0.4, 0.5) is 0 Å². The Labute approximate surface area is 120 Å². The molecule has 0 aromatic carbocycles. The van der Waals surface area contributed by atoms with Gasteiger partial charge < -0.3 is 14.2 Å². The number of rotatable bonds is 10. The summed E-state index contributed by atoms with van der Waals surface area (Å²) in [6.07, 6.45) is 5.17. The van der Waals surface area contributed by atoms with Gasteiger partial charge in [-0.3, -0.25) is 9.55 Å². The van der Waals surface area contributed by atoms with E-state index in [1.807, 2.05) is 12.1 Å². The highest BCUT2D eigenvalue weighted by molar-refractivity contribution is 7.53. The number of aromatic nitrogens is 1. The van der Waals surface area contributed by atoms with E-state index in [1.165, 1.54) is 0 Å². The molecule has 1 unspecified atom stereocenters. The lowest BCUT2D eigenvalue weighted by atomic mass is 9.98. The second-order valence-electron chi connectivity index (χ2n) is 4.48. The average molecular weight is 301 g/mol. The summed E-state index contributed by atoms with van der Waals surface area (Å²) in [6, 6.07) is 3.81. The Bertz CT molecular complexity index is 403. The minimum Gasteiger partial charge on any atom is -0.396 e. The predicted octanol–water partition coefficient (Wildman–Crippen LogP) is 3.20. The van der Waals surface area contributed by atoms with Gasteiger partial charge in [-0.1, -0.05) is 6.07 Å². The van der Waals surface area contributed by atoms with Gasteiger partial charge in [0.15, 0.2) is 0 Å². The largest absolute Gasteiger partial charge is 0.396 e. The molecule has 1 atom stereocenters. The van der Waals surface area contributed by atoms with Crippen molar-refractivity contribution in [1.82, 2.24) is 4.98 Å². The SMILES string of the molecule is CCOP(=O)(CC(CCCO)c1cccnc1)OCC. The molecule has 1 aromatic rings. The molecule has 114 valence electrons. The second kappa shape index (κ2) is 9.24. The van der Waals surface area contributed by atoms with Crippen LogP contribution in [0.15, 0.2) is 24.5 Å². The highest BCUT2D eigenvalue weighted by Gasteiger charge is 2.29. The van der Waals surface area contributed by atoms with E-state index in [9.17, 15) is 4.57 Å². The molecule has 1 aromatic heterocycles. The zero-order valence-electron chi connectivity index (χ0n) is 12.2. The molecular formula is C14H24NO4P. The lowest BCUT2D eigenvalue weighted by molar-refractivity contribution is 0.217. The summed E-state index contributed by atoms with van der Waals surface area (Å²) in [5, 5.41) is 9.02. The second-order valence-corrected chi connectivity index (χ2v) is 6.58. The van der Waals surface area contributed by atoms with E-state index in [-0.39, 0.29) is 12.5 Å². The molecule has 20 heavy (non-hydrogen) atoms. The normalized spacial score (nSPS) is 13.3. The van der Waals surface area contributed by atoms with E-state index < -0.39 is 7.60 Å². The Kier molecular flexibility index (Phi) is 8.00. The standard InChI is InChI=1S/C14H24NO4P/c1-3-18-20(17,19-4-2)12-14(8-6-10-16)13-7-5-9-15-11-13/h5,7,9,11,14,16H,3-4,6,8,10,12H2,1-2H3. The van der Waals surface area contributed by atoms with E-state index in [4.69, 9.17) is 14.2 Å². The number of hydrogen-bond donors (Lipinski definition) is 1. The van der Waals surface area contributed by atoms with Crippen LogP contribution in [0.2, 0.25) is 0 Å². The number of hydrogen-bond acceptors (Lipinski definition) is 5. The van der Waals surface area contributed by atoms with Gasteiger partial charge in [0.25, 0.3) is 0 Å². The van der Waals surface area contributed by atoms with Crippen LogP contribution in [0.5, 0.6) is 0 Å². The van der Waals surface area contributed by atoms with Gasteiger partial charge in [-0.15, -0.1) is 0 Å². The first kappa shape index (κ1) is 17.3. The van der Waals surface area contributed by atoms with Crippen molar-refractivity contribution in [1.29, 1.82) is 0 Å². The fraction of sp³-hybridized carbons (Fsp3) is 0.643. The molecule has 0 aliphatic heterocycles. The number of pyridine rings is 1. The molecule has 0 aliphatic rings. The monoisotopic (exact) mass is 301 g/mol. The van der Waals surface area contributed by atoms with Crippen LogP contribution < -0.4 is 0 Å². The third kappa shape index (κ3) is 5.71. The topological polar surface area (TPSA) is 68.7 Å². The summed E-state index contributed by atoms with van der Waals surface area (Å²) in [6.45, 7) is 4.44. The van der Waals surface area contributed by atoms with E-state index in [0.717, 1.165) is 12.0 Å². The van der Waals surface area contributed by atoms with Gasteiger partial charge in [-0.05, 0) is 44.2 Å². The fourth-order valence-electron chi connectivity index (χ4n) is 2.12. The van der Waals surface area contributed by atoms with Crippen molar-refractivity contribution >= 4 is 7.60 Å². The molecular weight excluding hydrogens is 277 g/mol. The highest BCUT2D eigenvalue weighted by atomic mass is 31.2. The zero-order valence-corrected chi connectivity index (χ0v) is 13.1. The maximum Gasteiger partial charge on any atom is 0.331 e. The Balaban J connectivity index is 2.85. The third-order valence-corrected chi connectivity index (χ3v) is 5.15. The summed E-state index contributed by atoms with van der Waals surface area (Å²) in [5.41, 5.74) is 1.00. The molecule has 0 bridgehead atoms. The Morgan fingerprint density at radius 3 is 2.55 bits per heavy atom. The van der Waals surface area contributed by atoms with Gasteiger partial charge in [-0.2, -0.15) is 0 Å². The van der Waals surface area contributed by atoms with Crippen LogP contribution >= 0.6 is 7.60 Å². The zero-order chi connectivity index (χ0) is 14.8. The summed E-state index contributed by atoms with van der Waals surface area (Å²) in [7, 11) is -3.09. The van der Waals surface area contributed by atoms with Gasteiger partial charge in [0.2, 0.25) is 0 Å². The van der Waals surface area contributed by atoms with E-state index in [0.29, 0.717) is 25.8 Å². The molecule has 5 nitrogen and oxygen atoms in total. The predicted molar refractivity (Wildman–Crippen MR) is 79.0 cm³/mol. The van der Waals surface area contributed by atoms with Crippen molar-refractivity contribution in [2.45, 2.75) is 32.6 Å². The molecule has 1 heterocycles. The van der Waals surface area contributed by atoms with Crippen LogP contribution in [-0.2, 0) is 13.6 Å². The van der Waals surface area contributed by atoms with E-state index in [1.54, 1.807) is 26.2 Å². The van der Waals surface area contributed by atoms with Crippen molar-refractivity contribution in [3.05, 3.63) is 30.1 Å². The Morgan fingerprint density at radius 1 is 1.35 bits per heavy atom. The van der Waals surface area contributed by atoms with Crippen LogP contribution in [0, 0.1) is 0 Å². The number of aliphatic hydroxyl groups is 1. The van der Waals surface area contributed by atoms with Crippen molar-refractivity contribution in [2.24, 2.45) is 0 Å². The lowest BCUT2D eigenvalue weighted by Gasteiger charge is -2.23. The first-order valence-electron chi connectivity index (χ1n) is 7.04. The van der Waals surface area contributed by atoms with Crippen LogP contribution in [0.25, 0.3) is 0 Å². The lowest BCUT2D eigenvalue weighted by Crippen LogP contribution is -2.10. The number of nitrogens with zero attached hydrogens (tertiary/aromatic N) is 1. The fourth-order valence-corrected chi connectivity index (χ4v) is 4.13. The van der Waals surface area contributed by atoms with E-state index in [2.05, 4.69) is 4.98 Å². The molecule has 1 N–H and O–H groups in total. The van der Waals surface area contributed by atoms with Gasteiger partial charge in [0, 0.05) is 19.0 Å². The molecule has 0 amide bonds. The van der Waals surface area contributed by atoms with Crippen LogP contribution in [0.1, 0.15) is 38.2 Å². The van der Waals surface area contributed by atoms with Crippen molar-refractivity contribution in [2.75, 3.05) is 26.0 Å². The van der Waals surface area contributed by atoms with Gasteiger partial charge in [0.1, 0.15) is 0 Å². The first-order valence-corrected chi connectivity index (χ1v) is 8.77. The molecule has 0 aliphatic carbocycles. The minimum atomic E-state index is -3.09. The van der Waals surface area contributed by atoms with E-state index >= 15 is 0 Å². The van der Waals surface area contributed by atoms with Gasteiger partial charge in [-0.25, -0.2) is 0 Å². The quantitative estimate of drug-likeness (QED) is 0.672. The van der Waals surface area contributed by atoms with Crippen LogP contribution in [0.3, 0.4) is 0 Å². The first-order chi connectivity index (χ1) is 9.65. The average Bonchev–Trinajstić information content (AvgIpc) is 2.45. The van der Waals surface area contributed by atoms with Crippen LogP contribution in [-0.4, -0.2) is 36.1 Å². The summed E-state index contributed by atoms with van der Waals surface area (Å²) >= 11 is 0. The van der Waals surface area contributed by atoms with Crippen molar-refractivity contribution in [3.8, 4) is 0 Å². The Morgan fingerprint density at radius 2 is 2.05 bits per heavy atom. The molecule has 0 radical (unpaired) electrons. The molecule has 6 heteroatoms. The maximum absolute atomic E-state index is 12.6. The molecule has 0 saturated heterocycles. The smallest absolute Gasteiger partial charge is 0.331 e. The maximum atomic E-state index is 12.6. The van der Waals surface area contributed by atoms with Crippen molar-refractivity contribution in [3.63, 3.8) is 0 Å². The van der Waals surface area contributed by atoms with Gasteiger partial charge >= 0.3 is 7.60 Å². The summed E-state index contributed by atoms with van der Waals surface area (Å²) in [4.78, 5) is 4.10. The highest BCUT2D eigenvalue weighted by Crippen LogP contribution is 2.51.